The third-order valence-electron chi connectivity index (χ3n) is 5.21. The van der Waals surface area contributed by atoms with Crippen LogP contribution in [0.3, 0.4) is 0 Å². The molecule has 2 aliphatic heterocycles. The summed E-state index contributed by atoms with van der Waals surface area (Å²) in [5, 5.41) is 8.47. The standard InChI is InChI=1S/C22H23N3O4/c1-13-19(21(26)24-17-5-3-4-6-18(17)28-2)20(25-22(27)23-13)15-8-7-14-9-10-29-12-16(14)11-15/h3-8,11,20H,9-10,12H2,1-2H3,(H,24,26)(H2,23,25,27). The molecular formula is C22H23N3O4. The summed E-state index contributed by atoms with van der Waals surface area (Å²) in [4.78, 5) is 25.3. The summed E-state index contributed by atoms with van der Waals surface area (Å²) in [5.41, 5.74) is 4.69. The van der Waals surface area contributed by atoms with Gasteiger partial charge in [-0.15, -0.1) is 0 Å². The minimum absolute atomic E-state index is 0.307. The van der Waals surface area contributed by atoms with Gasteiger partial charge in [0.1, 0.15) is 5.75 Å². The monoisotopic (exact) mass is 393 g/mol. The number of carbonyl (C=O) groups excluding carboxylic acids is 2. The molecule has 2 aromatic carbocycles. The normalized spacial score (nSPS) is 18.4. The summed E-state index contributed by atoms with van der Waals surface area (Å²) < 4.78 is 10.9. The maximum atomic E-state index is 13.2. The van der Waals surface area contributed by atoms with Crippen molar-refractivity contribution in [2.45, 2.75) is 26.0 Å². The van der Waals surface area contributed by atoms with Gasteiger partial charge in [0.25, 0.3) is 5.91 Å². The first-order valence-corrected chi connectivity index (χ1v) is 9.49. The van der Waals surface area contributed by atoms with E-state index >= 15 is 0 Å². The lowest BCUT2D eigenvalue weighted by atomic mass is 9.91. The smallest absolute Gasteiger partial charge is 0.319 e. The van der Waals surface area contributed by atoms with Gasteiger partial charge in [-0.3, -0.25) is 4.79 Å². The number of methoxy groups -OCH3 is 1. The molecule has 0 fully saturated rings. The first kappa shape index (κ1) is 19.0. The van der Waals surface area contributed by atoms with Gasteiger partial charge in [0, 0.05) is 5.70 Å². The third-order valence-corrected chi connectivity index (χ3v) is 5.21. The Morgan fingerprint density at radius 1 is 1.21 bits per heavy atom. The van der Waals surface area contributed by atoms with Gasteiger partial charge in [-0.05, 0) is 42.2 Å². The van der Waals surface area contributed by atoms with E-state index in [1.165, 1.54) is 5.56 Å². The van der Waals surface area contributed by atoms with E-state index < -0.39 is 6.04 Å². The van der Waals surface area contributed by atoms with Crippen LogP contribution in [0, 0.1) is 0 Å². The van der Waals surface area contributed by atoms with Crippen molar-refractivity contribution in [2.75, 3.05) is 19.0 Å². The van der Waals surface area contributed by atoms with Crippen LogP contribution in [-0.2, 0) is 22.6 Å². The Labute approximate surface area is 169 Å². The van der Waals surface area contributed by atoms with Gasteiger partial charge < -0.3 is 25.4 Å². The molecule has 3 amide bonds. The molecule has 0 aliphatic carbocycles. The highest BCUT2D eigenvalue weighted by molar-refractivity contribution is 6.07. The molecule has 0 saturated heterocycles. The molecule has 150 valence electrons. The lowest BCUT2D eigenvalue weighted by Gasteiger charge is -2.29. The number of urea groups is 1. The fourth-order valence-electron chi connectivity index (χ4n) is 3.75. The zero-order valence-electron chi connectivity index (χ0n) is 16.4. The Bertz CT molecular complexity index is 999. The topological polar surface area (TPSA) is 88.7 Å². The van der Waals surface area contributed by atoms with Gasteiger partial charge in [0.15, 0.2) is 0 Å². The van der Waals surface area contributed by atoms with Crippen molar-refractivity contribution in [2.24, 2.45) is 0 Å². The highest BCUT2D eigenvalue weighted by Crippen LogP contribution is 2.31. The SMILES string of the molecule is COc1ccccc1NC(=O)C1=C(C)NC(=O)NC1c1ccc2c(c1)COCC2. The number of para-hydroxylation sites is 2. The number of allylic oxidation sites excluding steroid dienone is 1. The molecule has 0 aromatic heterocycles. The molecule has 2 aliphatic rings. The highest BCUT2D eigenvalue weighted by Gasteiger charge is 2.32. The van der Waals surface area contributed by atoms with E-state index in [0.29, 0.717) is 35.9 Å². The Morgan fingerprint density at radius 2 is 2.03 bits per heavy atom. The molecule has 4 rings (SSSR count). The summed E-state index contributed by atoms with van der Waals surface area (Å²) in [7, 11) is 1.55. The minimum Gasteiger partial charge on any atom is -0.495 e. The van der Waals surface area contributed by atoms with E-state index in [1.54, 1.807) is 26.2 Å². The Balaban J connectivity index is 1.68. The van der Waals surface area contributed by atoms with E-state index in [2.05, 4.69) is 16.0 Å². The second-order valence-corrected chi connectivity index (χ2v) is 7.06. The van der Waals surface area contributed by atoms with Crippen molar-refractivity contribution in [3.05, 3.63) is 70.4 Å². The molecule has 2 heterocycles. The fraction of sp³-hybridized carbons (Fsp3) is 0.273. The summed E-state index contributed by atoms with van der Waals surface area (Å²) in [5.74, 6) is 0.257. The number of hydrogen-bond donors (Lipinski definition) is 3. The molecule has 0 spiro atoms. The number of rotatable bonds is 4. The quantitative estimate of drug-likeness (QED) is 0.745. The van der Waals surface area contributed by atoms with Crippen LogP contribution in [0.5, 0.6) is 5.75 Å². The van der Waals surface area contributed by atoms with Gasteiger partial charge in [-0.1, -0.05) is 30.3 Å². The van der Waals surface area contributed by atoms with Crippen molar-refractivity contribution in [1.29, 1.82) is 0 Å². The first-order chi connectivity index (χ1) is 14.1. The highest BCUT2D eigenvalue weighted by atomic mass is 16.5. The van der Waals surface area contributed by atoms with Crippen LogP contribution < -0.4 is 20.7 Å². The number of amides is 3. The average Bonchev–Trinajstić information content (AvgIpc) is 2.73. The lowest BCUT2D eigenvalue weighted by molar-refractivity contribution is -0.113. The van der Waals surface area contributed by atoms with E-state index in [9.17, 15) is 9.59 Å². The minimum atomic E-state index is -0.564. The molecule has 0 radical (unpaired) electrons. The molecule has 29 heavy (non-hydrogen) atoms. The third kappa shape index (κ3) is 3.82. The van der Waals surface area contributed by atoms with Crippen LogP contribution in [0.2, 0.25) is 0 Å². The summed E-state index contributed by atoms with van der Waals surface area (Å²) >= 11 is 0. The molecule has 3 N–H and O–H groups in total. The zero-order chi connectivity index (χ0) is 20.4. The van der Waals surface area contributed by atoms with Gasteiger partial charge >= 0.3 is 6.03 Å². The van der Waals surface area contributed by atoms with E-state index in [1.807, 2.05) is 30.3 Å². The van der Waals surface area contributed by atoms with E-state index in [0.717, 1.165) is 17.5 Å². The molecule has 1 atom stereocenters. The molecule has 0 saturated carbocycles. The number of ether oxygens (including phenoxy) is 2. The van der Waals surface area contributed by atoms with E-state index in [4.69, 9.17) is 9.47 Å². The van der Waals surface area contributed by atoms with Crippen molar-refractivity contribution < 1.29 is 19.1 Å². The Hall–Kier alpha value is -3.32. The number of hydrogen-bond acceptors (Lipinski definition) is 4. The largest absolute Gasteiger partial charge is 0.495 e. The molecule has 0 bridgehead atoms. The number of anilines is 1. The zero-order valence-corrected chi connectivity index (χ0v) is 16.4. The second kappa shape index (κ2) is 7.97. The number of nitrogens with one attached hydrogen (secondary N) is 3. The molecule has 2 aromatic rings. The van der Waals surface area contributed by atoms with E-state index in [-0.39, 0.29) is 11.9 Å². The Kier molecular flexibility index (Phi) is 5.22. The molecule has 1 unspecified atom stereocenters. The van der Waals surface area contributed by atoms with Gasteiger partial charge in [-0.2, -0.15) is 0 Å². The van der Waals surface area contributed by atoms with Crippen LogP contribution in [-0.4, -0.2) is 25.7 Å². The molecular weight excluding hydrogens is 370 g/mol. The fourth-order valence-corrected chi connectivity index (χ4v) is 3.75. The predicted molar refractivity (Wildman–Crippen MR) is 109 cm³/mol. The summed E-state index contributed by atoms with van der Waals surface area (Å²) in [6.07, 6.45) is 0.865. The van der Waals surface area contributed by atoms with Crippen LogP contribution in [0.15, 0.2) is 53.7 Å². The van der Waals surface area contributed by atoms with Gasteiger partial charge in [0.05, 0.1) is 37.6 Å². The average molecular weight is 393 g/mol. The van der Waals surface area contributed by atoms with Crippen molar-refractivity contribution >= 4 is 17.6 Å². The van der Waals surface area contributed by atoms with Crippen molar-refractivity contribution in [3.8, 4) is 5.75 Å². The number of fused-ring (bicyclic) bond motifs is 1. The first-order valence-electron chi connectivity index (χ1n) is 9.49. The maximum Gasteiger partial charge on any atom is 0.319 e. The van der Waals surface area contributed by atoms with Crippen LogP contribution in [0.1, 0.15) is 29.7 Å². The summed E-state index contributed by atoms with van der Waals surface area (Å²) in [6, 6.07) is 12.3. The molecule has 7 nitrogen and oxygen atoms in total. The summed E-state index contributed by atoms with van der Waals surface area (Å²) in [6.45, 7) is 2.97. The van der Waals surface area contributed by atoms with Crippen LogP contribution >= 0.6 is 0 Å². The van der Waals surface area contributed by atoms with Crippen LogP contribution in [0.25, 0.3) is 0 Å². The maximum absolute atomic E-state index is 13.2. The van der Waals surface area contributed by atoms with Crippen molar-refractivity contribution in [3.63, 3.8) is 0 Å². The lowest BCUT2D eigenvalue weighted by Crippen LogP contribution is -2.46. The number of carbonyl (C=O) groups is 2. The molecule has 7 heteroatoms. The second-order valence-electron chi connectivity index (χ2n) is 7.06. The number of benzene rings is 2. The Morgan fingerprint density at radius 3 is 2.86 bits per heavy atom. The van der Waals surface area contributed by atoms with Gasteiger partial charge in [0.2, 0.25) is 0 Å². The predicted octanol–water partition coefficient (Wildman–Crippen LogP) is 3.03. The van der Waals surface area contributed by atoms with Crippen LogP contribution in [0.4, 0.5) is 10.5 Å². The van der Waals surface area contributed by atoms with Crippen molar-refractivity contribution in [1.82, 2.24) is 10.6 Å². The van der Waals surface area contributed by atoms with Gasteiger partial charge in [-0.25, -0.2) is 4.79 Å².